The Morgan fingerprint density at radius 2 is 1.55 bits per heavy atom. The fourth-order valence-electron chi connectivity index (χ4n) is 3.98. The van der Waals surface area contributed by atoms with Crippen LogP contribution < -0.4 is 20.2 Å². The Hall–Kier alpha value is -1.71. The maximum absolute atomic E-state index is 11.1. The van der Waals surface area contributed by atoms with Crippen molar-refractivity contribution in [1.29, 1.82) is 0 Å². The third-order valence-electron chi connectivity index (χ3n) is 5.56. The Balaban J connectivity index is 2.60. The number of nitrogens with zero attached hydrogens (tertiary/aromatic N) is 2. The van der Waals surface area contributed by atoms with Crippen LogP contribution in [0.1, 0.15) is 58.3 Å². The molecule has 0 saturated carbocycles. The van der Waals surface area contributed by atoms with E-state index in [1.165, 1.54) is 24.2 Å². The summed E-state index contributed by atoms with van der Waals surface area (Å²) in [4.78, 5) is 37.6. The summed E-state index contributed by atoms with van der Waals surface area (Å²) in [6.45, 7) is 5.27. The van der Waals surface area contributed by atoms with E-state index in [1.54, 1.807) is 4.90 Å². The summed E-state index contributed by atoms with van der Waals surface area (Å²) in [5.41, 5.74) is 0. The fourth-order valence-corrected chi connectivity index (χ4v) is 3.98. The van der Waals surface area contributed by atoms with Gasteiger partial charge in [0.15, 0.2) is 0 Å². The lowest BCUT2D eigenvalue weighted by molar-refractivity contribution is -0.918. The number of carboxylic acids is 3. The summed E-state index contributed by atoms with van der Waals surface area (Å²) >= 11 is 0. The topological polar surface area (TPSA) is 131 Å². The molecule has 0 aromatic rings. The van der Waals surface area contributed by atoms with Crippen molar-refractivity contribution in [1.82, 2.24) is 9.80 Å². The molecule has 9 nitrogen and oxygen atoms in total. The number of aliphatic carboxylic acids is 3. The first-order valence-corrected chi connectivity index (χ1v) is 10.7. The Bertz CT molecular complexity index is 498. The first kappa shape index (κ1) is 25.3. The van der Waals surface area contributed by atoms with Crippen LogP contribution >= 0.6 is 0 Å². The fraction of sp³-hybridized carbons (Fsp3) is 0.850. The predicted molar refractivity (Wildman–Crippen MR) is 100 cm³/mol. The van der Waals surface area contributed by atoms with Gasteiger partial charge < -0.3 is 34.6 Å². The minimum atomic E-state index is -1.16. The third kappa shape index (κ3) is 11.2. The van der Waals surface area contributed by atoms with E-state index in [1.807, 2.05) is 4.90 Å². The molecule has 0 aliphatic carbocycles. The van der Waals surface area contributed by atoms with Gasteiger partial charge in [-0.3, -0.25) is 4.90 Å². The van der Waals surface area contributed by atoms with Crippen LogP contribution in [0, 0.1) is 0 Å². The molecule has 2 atom stereocenters. The largest absolute Gasteiger partial charge is 0.550 e. The summed E-state index contributed by atoms with van der Waals surface area (Å²) in [5, 5.41) is 32.6. The standard InChI is InChI=1S/C20H37N3O6/c1-2-3-4-5-6-7-17-22(14-15-23(17)16-20(28)29)13-12-21(10-8-18(24)25)11-9-19(26)27/h17H,2-16H2,1H3,(H,24,25)(H,26,27)(H,28,29)/p-2. The van der Waals surface area contributed by atoms with E-state index in [9.17, 15) is 29.7 Å². The molecule has 0 radical (unpaired) electrons. The van der Waals surface area contributed by atoms with Gasteiger partial charge in [-0.1, -0.05) is 32.6 Å². The Morgan fingerprint density at radius 3 is 2.10 bits per heavy atom. The van der Waals surface area contributed by atoms with Gasteiger partial charge in [-0.05, 0) is 19.3 Å². The van der Waals surface area contributed by atoms with Crippen LogP contribution in [0.5, 0.6) is 0 Å². The van der Waals surface area contributed by atoms with Gasteiger partial charge in [0, 0.05) is 44.5 Å². The highest BCUT2D eigenvalue weighted by Crippen LogP contribution is 2.10. The van der Waals surface area contributed by atoms with Gasteiger partial charge in [0.25, 0.3) is 0 Å². The summed E-state index contributed by atoms with van der Waals surface area (Å²) in [5.74, 6) is -3.41. The number of carboxylic acid groups (broad SMARTS) is 3. The van der Waals surface area contributed by atoms with E-state index in [2.05, 4.69) is 6.92 Å². The van der Waals surface area contributed by atoms with E-state index in [-0.39, 0.29) is 38.6 Å². The molecular formula is C20H35N3O6-2. The molecular weight excluding hydrogens is 378 g/mol. The van der Waals surface area contributed by atoms with E-state index < -0.39 is 17.9 Å². The van der Waals surface area contributed by atoms with E-state index in [0.29, 0.717) is 19.6 Å². The number of nitrogens with one attached hydrogen (secondary N) is 1. The molecule has 2 unspecified atom stereocenters. The second-order valence-corrected chi connectivity index (χ2v) is 7.81. The molecule has 1 saturated heterocycles. The molecule has 0 amide bonds. The maximum atomic E-state index is 11.1. The smallest absolute Gasteiger partial charge is 0.144 e. The first-order chi connectivity index (χ1) is 13.8. The highest BCUT2D eigenvalue weighted by atomic mass is 16.4. The molecule has 9 heteroatoms. The van der Waals surface area contributed by atoms with Crippen LogP contribution in [0.25, 0.3) is 0 Å². The molecule has 0 aromatic carbocycles. The highest BCUT2D eigenvalue weighted by molar-refractivity contribution is 5.66. The number of carbonyl (C=O) groups excluding carboxylic acids is 3. The zero-order valence-corrected chi connectivity index (χ0v) is 17.5. The molecule has 1 aliphatic heterocycles. The van der Waals surface area contributed by atoms with Gasteiger partial charge in [0.2, 0.25) is 0 Å². The minimum absolute atomic E-state index is 0.0811. The zero-order valence-electron chi connectivity index (χ0n) is 17.5. The molecule has 0 bridgehead atoms. The highest BCUT2D eigenvalue weighted by Gasteiger charge is 2.35. The molecule has 1 aliphatic rings. The molecule has 0 spiro atoms. The molecule has 1 heterocycles. The van der Waals surface area contributed by atoms with Gasteiger partial charge in [0.05, 0.1) is 25.6 Å². The van der Waals surface area contributed by atoms with Crippen molar-refractivity contribution in [3.63, 3.8) is 0 Å². The molecule has 29 heavy (non-hydrogen) atoms. The van der Waals surface area contributed by atoms with Gasteiger partial charge in [0.1, 0.15) is 6.17 Å². The van der Waals surface area contributed by atoms with Gasteiger partial charge >= 0.3 is 0 Å². The van der Waals surface area contributed by atoms with Crippen molar-refractivity contribution >= 4 is 17.9 Å². The van der Waals surface area contributed by atoms with Gasteiger partial charge in [-0.15, -0.1) is 0 Å². The number of unbranched alkanes of at least 4 members (excludes halogenated alkanes) is 4. The SMILES string of the molecule is CCCCCCCC1N(CC(=O)[O-])CC[NH+]1CCN(CCC(=O)[O-])CCC(=O)[O-]. The molecule has 1 fully saturated rings. The Kier molecular flexibility index (Phi) is 12.5. The zero-order chi connectivity index (χ0) is 21.6. The van der Waals surface area contributed by atoms with E-state index in [0.717, 1.165) is 25.8 Å². The average Bonchev–Trinajstić information content (AvgIpc) is 3.01. The summed E-state index contributed by atoms with van der Waals surface area (Å²) in [7, 11) is 0. The van der Waals surface area contributed by atoms with Crippen molar-refractivity contribution in [2.75, 3.05) is 45.8 Å². The monoisotopic (exact) mass is 413 g/mol. The molecule has 0 aromatic heterocycles. The minimum Gasteiger partial charge on any atom is -0.550 e. The number of rotatable bonds is 17. The molecule has 1 N–H and O–H groups in total. The van der Waals surface area contributed by atoms with Crippen LogP contribution in [0.3, 0.4) is 0 Å². The number of carbonyl (C=O) groups is 3. The van der Waals surface area contributed by atoms with Crippen molar-refractivity contribution in [3.05, 3.63) is 0 Å². The van der Waals surface area contributed by atoms with Gasteiger partial charge in [-0.25, -0.2) is 4.90 Å². The summed E-state index contributed by atoms with van der Waals surface area (Å²) in [6.07, 6.45) is 6.42. The van der Waals surface area contributed by atoms with Gasteiger partial charge in [-0.2, -0.15) is 0 Å². The normalized spacial score (nSPS) is 19.7. The average molecular weight is 414 g/mol. The molecule has 168 valence electrons. The van der Waals surface area contributed by atoms with Crippen LogP contribution in [0.2, 0.25) is 0 Å². The predicted octanol–water partition coefficient (Wildman–Crippen LogP) is -3.79. The van der Waals surface area contributed by atoms with E-state index >= 15 is 0 Å². The van der Waals surface area contributed by atoms with Crippen molar-refractivity contribution in [2.45, 2.75) is 64.5 Å². The number of quaternary nitrogens is 1. The Labute approximate surface area is 173 Å². The van der Waals surface area contributed by atoms with Crippen molar-refractivity contribution in [2.24, 2.45) is 0 Å². The number of hydrogen-bond acceptors (Lipinski definition) is 8. The lowest BCUT2D eigenvalue weighted by atomic mass is 10.1. The quantitative estimate of drug-likeness (QED) is 0.240. The van der Waals surface area contributed by atoms with Crippen LogP contribution in [0.4, 0.5) is 0 Å². The van der Waals surface area contributed by atoms with Crippen LogP contribution in [0.15, 0.2) is 0 Å². The maximum Gasteiger partial charge on any atom is 0.144 e. The van der Waals surface area contributed by atoms with Crippen LogP contribution in [-0.2, 0) is 14.4 Å². The summed E-state index contributed by atoms with van der Waals surface area (Å²) in [6, 6.07) is 0. The third-order valence-corrected chi connectivity index (χ3v) is 5.56. The lowest BCUT2D eigenvalue weighted by Gasteiger charge is -2.30. The second kappa shape index (κ2) is 14.3. The van der Waals surface area contributed by atoms with Crippen LogP contribution in [-0.4, -0.2) is 79.7 Å². The lowest BCUT2D eigenvalue weighted by Crippen LogP contribution is -3.15. The second-order valence-electron chi connectivity index (χ2n) is 7.81. The molecule has 1 rings (SSSR count). The first-order valence-electron chi connectivity index (χ1n) is 10.7. The van der Waals surface area contributed by atoms with Crippen molar-refractivity contribution in [3.8, 4) is 0 Å². The van der Waals surface area contributed by atoms with E-state index in [4.69, 9.17) is 0 Å². The van der Waals surface area contributed by atoms with Crippen molar-refractivity contribution < 1.29 is 34.6 Å². The Morgan fingerprint density at radius 1 is 0.931 bits per heavy atom. The summed E-state index contributed by atoms with van der Waals surface area (Å²) < 4.78 is 0. The number of hydrogen-bond donors (Lipinski definition) is 1.